The van der Waals surface area contributed by atoms with E-state index in [0.29, 0.717) is 12.8 Å². The Hall–Kier alpha value is -1.36. The molecule has 5 heteroatoms. The summed E-state index contributed by atoms with van der Waals surface area (Å²) in [6, 6.07) is 7.73. The fraction of sp³-hybridized carbons (Fsp3) is 0.500. The van der Waals surface area contributed by atoms with Crippen molar-refractivity contribution in [3.05, 3.63) is 34.3 Å². The summed E-state index contributed by atoms with van der Waals surface area (Å²) in [6.45, 7) is 5.96. The molecule has 1 aromatic carbocycles. The minimum absolute atomic E-state index is 0.0135. The van der Waals surface area contributed by atoms with Crippen molar-refractivity contribution in [2.24, 2.45) is 0 Å². The highest BCUT2D eigenvalue weighted by Gasteiger charge is 2.45. The first-order valence-corrected chi connectivity index (χ1v) is 8.10. The Labute approximate surface area is 134 Å². The molecule has 0 bridgehead atoms. The number of halogens is 1. The molecule has 2 rings (SSSR count). The van der Waals surface area contributed by atoms with Crippen molar-refractivity contribution in [1.82, 2.24) is 10.2 Å². The fourth-order valence-electron chi connectivity index (χ4n) is 2.85. The van der Waals surface area contributed by atoms with Gasteiger partial charge in [-0.1, -0.05) is 41.9 Å². The normalized spacial score (nSPS) is 19.3. The van der Waals surface area contributed by atoms with Crippen LogP contribution in [0.3, 0.4) is 0 Å². The van der Waals surface area contributed by atoms with E-state index in [4.69, 9.17) is 0 Å². The van der Waals surface area contributed by atoms with Gasteiger partial charge in [0.1, 0.15) is 12.1 Å². The maximum atomic E-state index is 12.9. The zero-order chi connectivity index (χ0) is 15.6. The van der Waals surface area contributed by atoms with Crippen molar-refractivity contribution in [1.29, 1.82) is 0 Å². The van der Waals surface area contributed by atoms with Crippen LogP contribution in [0.1, 0.15) is 45.2 Å². The Kier molecular flexibility index (Phi) is 4.71. The standard InChI is InChI=1S/C16H21BrN2O2/c1-4-16(5-2)15(21)19(10-14(20)18-16)11(3)12-7-6-8-13(17)9-12/h6-9,11H,4-5,10H2,1-3H3,(H,18,20). The average Bonchev–Trinajstić information content (AvgIpc) is 2.48. The zero-order valence-corrected chi connectivity index (χ0v) is 14.2. The van der Waals surface area contributed by atoms with E-state index in [-0.39, 0.29) is 24.4 Å². The molecule has 2 amide bonds. The second-order valence-corrected chi connectivity index (χ2v) is 6.42. The second-order valence-electron chi connectivity index (χ2n) is 5.50. The quantitative estimate of drug-likeness (QED) is 0.905. The van der Waals surface area contributed by atoms with Crippen molar-refractivity contribution in [3.63, 3.8) is 0 Å². The summed E-state index contributed by atoms with van der Waals surface area (Å²) >= 11 is 3.45. The van der Waals surface area contributed by atoms with E-state index in [1.807, 2.05) is 45.0 Å². The van der Waals surface area contributed by atoms with Gasteiger partial charge < -0.3 is 10.2 Å². The second kappa shape index (κ2) is 6.18. The Balaban J connectivity index is 2.33. The van der Waals surface area contributed by atoms with Crippen LogP contribution in [-0.2, 0) is 9.59 Å². The van der Waals surface area contributed by atoms with E-state index in [1.54, 1.807) is 4.90 Å². The van der Waals surface area contributed by atoms with Gasteiger partial charge in [0.05, 0.1) is 6.04 Å². The number of nitrogens with one attached hydrogen (secondary N) is 1. The van der Waals surface area contributed by atoms with Crippen LogP contribution < -0.4 is 5.32 Å². The van der Waals surface area contributed by atoms with E-state index < -0.39 is 5.54 Å². The molecule has 0 radical (unpaired) electrons. The molecule has 0 saturated carbocycles. The summed E-state index contributed by atoms with van der Waals surface area (Å²) in [6.07, 6.45) is 1.21. The third-order valence-corrected chi connectivity index (χ3v) is 4.86. The van der Waals surface area contributed by atoms with E-state index in [0.717, 1.165) is 10.0 Å². The molecule has 1 N–H and O–H groups in total. The van der Waals surface area contributed by atoms with E-state index in [9.17, 15) is 9.59 Å². The van der Waals surface area contributed by atoms with Gasteiger partial charge in [-0.3, -0.25) is 9.59 Å². The smallest absolute Gasteiger partial charge is 0.249 e. The first kappa shape index (κ1) is 16.0. The number of hydrogen-bond acceptors (Lipinski definition) is 2. The van der Waals surface area contributed by atoms with Gasteiger partial charge in [-0.15, -0.1) is 0 Å². The van der Waals surface area contributed by atoms with Gasteiger partial charge in [-0.25, -0.2) is 0 Å². The molecule has 1 aromatic rings. The average molecular weight is 353 g/mol. The largest absolute Gasteiger partial charge is 0.340 e. The maximum Gasteiger partial charge on any atom is 0.249 e. The SMILES string of the molecule is CCC1(CC)NC(=O)CN(C(C)c2cccc(Br)c2)C1=O. The highest BCUT2D eigenvalue weighted by molar-refractivity contribution is 9.10. The topological polar surface area (TPSA) is 49.4 Å². The molecular formula is C16H21BrN2O2. The summed E-state index contributed by atoms with van der Waals surface area (Å²) in [5.41, 5.74) is 0.267. The lowest BCUT2D eigenvalue weighted by atomic mass is 9.87. The summed E-state index contributed by atoms with van der Waals surface area (Å²) in [5, 5.41) is 2.89. The van der Waals surface area contributed by atoms with Crippen molar-refractivity contribution in [2.45, 2.75) is 45.2 Å². The molecule has 1 aliphatic heterocycles. The molecule has 1 fully saturated rings. The summed E-state index contributed by atoms with van der Waals surface area (Å²) < 4.78 is 0.970. The van der Waals surface area contributed by atoms with Crippen LogP contribution >= 0.6 is 15.9 Å². The zero-order valence-electron chi connectivity index (χ0n) is 12.6. The van der Waals surface area contributed by atoms with E-state index >= 15 is 0 Å². The monoisotopic (exact) mass is 352 g/mol. The number of carbonyl (C=O) groups excluding carboxylic acids is 2. The van der Waals surface area contributed by atoms with Gasteiger partial charge in [-0.05, 0) is 37.5 Å². The van der Waals surface area contributed by atoms with Crippen LogP contribution in [-0.4, -0.2) is 28.8 Å². The molecule has 4 nitrogen and oxygen atoms in total. The minimum Gasteiger partial charge on any atom is -0.340 e. The molecule has 1 atom stereocenters. The van der Waals surface area contributed by atoms with Crippen LogP contribution in [0.4, 0.5) is 0 Å². The van der Waals surface area contributed by atoms with Gasteiger partial charge in [-0.2, -0.15) is 0 Å². The summed E-state index contributed by atoms with van der Waals surface area (Å²) in [5.74, 6) is -0.0697. The number of nitrogens with zero attached hydrogens (tertiary/aromatic N) is 1. The number of carbonyl (C=O) groups is 2. The predicted molar refractivity (Wildman–Crippen MR) is 85.7 cm³/mol. The molecule has 0 spiro atoms. The Morgan fingerprint density at radius 2 is 2.00 bits per heavy atom. The lowest BCUT2D eigenvalue weighted by Crippen LogP contribution is -2.66. The fourth-order valence-corrected chi connectivity index (χ4v) is 3.27. The van der Waals surface area contributed by atoms with Crippen molar-refractivity contribution < 1.29 is 9.59 Å². The molecule has 1 saturated heterocycles. The lowest BCUT2D eigenvalue weighted by molar-refractivity contribution is -0.152. The molecular weight excluding hydrogens is 332 g/mol. The predicted octanol–water partition coefficient (Wildman–Crippen LogP) is 3.03. The number of hydrogen-bond donors (Lipinski definition) is 1. The van der Waals surface area contributed by atoms with Gasteiger partial charge >= 0.3 is 0 Å². The molecule has 21 heavy (non-hydrogen) atoms. The Morgan fingerprint density at radius 1 is 1.33 bits per heavy atom. The Morgan fingerprint density at radius 3 is 2.57 bits per heavy atom. The summed E-state index contributed by atoms with van der Waals surface area (Å²) in [4.78, 5) is 26.6. The number of piperazine rings is 1. The molecule has 114 valence electrons. The summed E-state index contributed by atoms with van der Waals surface area (Å²) in [7, 11) is 0. The van der Waals surface area contributed by atoms with Gasteiger partial charge in [0.25, 0.3) is 0 Å². The number of amides is 2. The van der Waals surface area contributed by atoms with Crippen molar-refractivity contribution >= 4 is 27.7 Å². The van der Waals surface area contributed by atoms with Gasteiger partial charge in [0.15, 0.2) is 0 Å². The van der Waals surface area contributed by atoms with Gasteiger partial charge in [0, 0.05) is 4.47 Å². The lowest BCUT2D eigenvalue weighted by Gasteiger charge is -2.43. The van der Waals surface area contributed by atoms with Gasteiger partial charge in [0.2, 0.25) is 11.8 Å². The molecule has 1 aliphatic rings. The van der Waals surface area contributed by atoms with Crippen LogP contribution in [0.25, 0.3) is 0 Å². The molecule has 1 heterocycles. The van der Waals surface area contributed by atoms with Crippen LogP contribution in [0.15, 0.2) is 28.7 Å². The molecule has 0 aromatic heterocycles. The van der Waals surface area contributed by atoms with Crippen molar-refractivity contribution in [3.8, 4) is 0 Å². The highest BCUT2D eigenvalue weighted by Crippen LogP contribution is 2.30. The first-order chi connectivity index (χ1) is 9.93. The highest BCUT2D eigenvalue weighted by atomic mass is 79.9. The van der Waals surface area contributed by atoms with E-state index in [2.05, 4.69) is 21.2 Å². The Bertz CT molecular complexity index is 555. The van der Waals surface area contributed by atoms with Crippen LogP contribution in [0.5, 0.6) is 0 Å². The number of benzene rings is 1. The van der Waals surface area contributed by atoms with Crippen LogP contribution in [0, 0.1) is 0 Å². The van der Waals surface area contributed by atoms with Crippen LogP contribution in [0.2, 0.25) is 0 Å². The first-order valence-electron chi connectivity index (χ1n) is 7.31. The minimum atomic E-state index is -0.754. The van der Waals surface area contributed by atoms with Crippen molar-refractivity contribution in [2.75, 3.05) is 6.54 Å². The number of rotatable bonds is 4. The molecule has 0 aliphatic carbocycles. The maximum absolute atomic E-state index is 12.9. The van der Waals surface area contributed by atoms with E-state index in [1.165, 1.54) is 0 Å². The molecule has 1 unspecified atom stereocenters. The third-order valence-electron chi connectivity index (χ3n) is 4.37. The third kappa shape index (κ3) is 2.98.